The maximum absolute atomic E-state index is 3.56. The molecule has 0 aromatic heterocycles. The summed E-state index contributed by atoms with van der Waals surface area (Å²) in [5.74, 6) is 0.768. The maximum Gasteiger partial charge on any atom is 0.0223 e. The number of nitrogens with one attached hydrogen (secondary N) is 1. The summed E-state index contributed by atoms with van der Waals surface area (Å²) >= 11 is 0. The summed E-state index contributed by atoms with van der Waals surface area (Å²) in [7, 11) is 0. The van der Waals surface area contributed by atoms with E-state index in [0.717, 1.165) is 24.5 Å². The second-order valence-corrected chi connectivity index (χ2v) is 6.76. The molecule has 0 aliphatic carbocycles. The van der Waals surface area contributed by atoms with Crippen molar-refractivity contribution < 1.29 is 0 Å². The van der Waals surface area contributed by atoms with Gasteiger partial charge in [-0.15, -0.1) is 0 Å². The van der Waals surface area contributed by atoms with Crippen molar-refractivity contribution >= 4 is 0 Å². The van der Waals surface area contributed by atoms with Crippen molar-refractivity contribution in [1.29, 1.82) is 0 Å². The largest absolute Gasteiger partial charge is 0.316 e. The summed E-state index contributed by atoms with van der Waals surface area (Å²) in [6, 6.07) is 1.59. The van der Waals surface area contributed by atoms with E-state index in [-0.39, 0.29) is 0 Å². The van der Waals surface area contributed by atoms with Crippen molar-refractivity contribution in [2.24, 2.45) is 5.92 Å². The van der Waals surface area contributed by atoms with E-state index in [2.05, 4.69) is 35.9 Å². The van der Waals surface area contributed by atoms with Crippen molar-refractivity contribution in [1.82, 2.24) is 15.1 Å². The molecule has 2 aliphatic heterocycles. The number of fused-ring (bicyclic) bond motifs is 1. The van der Waals surface area contributed by atoms with Gasteiger partial charge in [0.2, 0.25) is 0 Å². The molecule has 2 rings (SSSR count). The van der Waals surface area contributed by atoms with Gasteiger partial charge < -0.3 is 5.32 Å². The minimum absolute atomic E-state index is 0.739. The van der Waals surface area contributed by atoms with Crippen molar-refractivity contribution in [3.8, 4) is 0 Å². The Morgan fingerprint density at radius 1 is 1.26 bits per heavy atom. The average Bonchev–Trinajstić information content (AvgIpc) is 2.40. The monoisotopic (exact) mass is 267 g/mol. The molecule has 0 saturated carbocycles. The van der Waals surface area contributed by atoms with E-state index < -0.39 is 0 Å². The van der Waals surface area contributed by atoms with Gasteiger partial charge in [0.25, 0.3) is 0 Å². The zero-order chi connectivity index (χ0) is 13.7. The number of piperazine rings is 1. The zero-order valence-electron chi connectivity index (χ0n) is 13.2. The first-order valence-electron chi connectivity index (χ1n) is 8.39. The van der Waals surface area contributed by atoms with E-state index in [1.165, 1.54) is 58.4 Å². The molecular weight excluding hydrogens is 234 g/mol. The van der Waals surface area contributed by atoms with Gasteiger partial charge >= 0.3 is 0 Å². The molecule has 0 bridgehead atoms. The van der Waals surface area contributed by atoms with Gasteiger partial charge in [0.05, 0.1) is 0 Å². The highest BCUT2D eigenvalue weighted by Crippen LogP contribution is 2.24. The van der Waals surface area contributed by atoms with Gasteiger partial charge in [-0.1, -0.05) is 20.3 Å². The van der Waals surface area contributed by atoms with E-state index in [1.54, 1.807) is 0 Å². The van der Waals surface area contributed by atoms with Crippen LogP contribution in [0.4, 0.5) is 0 Å². The number of hydrogen-bond acceptors (Lipinski definition) is 3. The van der Waals surface area contributed by atoms with Gasteiger partial charge in [0.15, 0.2) is 0 Å². The first-order valence-corrected chi connectivity index (χ1v) is 8.39. The number of nitrogens with zero attached hydrogens (tertiary/aromatic N) is 2. The van der Waals surface area contributed by atoms with Crippen LogP contribution in [0.5, 0.6) is 0 Å². The fraction of sp³-hybridized carbons (Fsp3) is 1.00. The van der Waals surface area contributed by atoms with Crippen LogP contribution in [0.3, 0.4) is 0 Å². The fourth-order valence-corrected chi connectivity index (χ4v) is 3.66. The Morgan fingerprint density at radius 2 is 2.11 bits per heavy atom. The molecular formula is C16H33N3. The normalized spacial score (nSPS) is 31.1. The lowest BCUT2D eigenvalue weighted by atomic mass is 9.96. The van der Waals surface area contributed by atoms with Gasteiger partial charge in [0.1, 0.15) is 0 Å². The van der Waals surface area contributed by atoms with Crippen LogP contribution in [0.2, 0.25) is 0 Å². The average molecular weight is 267 g/mol. The molecule has 3 nitrogen and oxygen atoms in total. The molecule has 112 valence electrons. The van der Waals surface area contributed by atoms with Crippen LogP contribution in [-0.2, 0) is 0 Å². The Balaban J connectivity index is 1.76. The lowest BCUT2D eigenvalue weighted by Gasteiger charge is -2.48. The SMILES string of the molecule is CCCNCC(C)CN1CC2CCCCN2CC1C. The summed E-state index contributed by atoms with van der Waals surface area (Å²) in [6.45, 7) is 14.6. The topological polar surface area (TPSA) is 18.5 Å². The van der Waals surface area contributed by atoms with Crippen LogP contribution in [0.25, 0.3) is 0 Å². The molecule has 2 fully saturated rings. The summed E-state index contributed by atoms with van der Waals surface area (Å²) in [4.78, 5) is 5.48. The summed E-state index contributed by atoms with van der Waals surface area (Å²) in [5.41, 5.74) is 0. The summed E-state index contributed by atoms with van der Waals surface area (Å²) in [5, 5.41) is 3.56. The third-order valence-electron chi connectivity index (χ3n) is 4.78. The molecule has 0 amide bonds. The van der Waals surface area contributed by atoms with Crippen LogP contribution in [0, 0.1) is 5.92 Å². The number of piperidine rings is 1. The highest BCUT2D eigenvalue weighted by Gasteiger charge is 2.33. The molecule has 2 aliphatic rings. The van der Waals surface area contributed by atoms with E-state index >= 15 is 0 Å². The van der Waals surface area contributed by atoms with Gasteiger partial charge in [-0.05, 0) is 51.7 Å². The van der Waals surface area contributed by atoms with Crippen molar-refractivity contribution in [3.63, 3.8) is 0 Å². The Hall–Kier alpha value is -0.120. The highest BCUT2D eigenvalue weighted by molar-refractivity contribution is 4.89. The van der Waals surface area contributed by atoms with Crippen molar-refractivity contribution in [2.45, 2.75) is 58.5 Å². The van der Waals surface area contributed by atoms with E-state index in [0.29, 0.717) is 0 Å². The maximum atomic E-state index is 3.56. The Bertz CT molecular complexity index is 256. The fourth-order valence-electron chi connectivity index (χ4n) is 3.66. The van der Waals surface area contributed by atoms with E-state index in [4.69, 9.17) is 0 Å². The molecule has 1 N–H and O–H groups in total. The summed E-state index contributed by atoms with van der Waals surface area (Å²) in [6.07, 6.45) is 5.52. The molecule has 0 aromatic carbocycles. The van der Waals surface area contributed by atoms with Crippen LogP contribution in [0.1, 0.15) is 46.5 Å². The van der Waals surface area contributed by atoms with Crippen molar-refractivity contribution in [2.75, 3.05) is 39.3 Å². The van der Waals surface area contributed by atoms with Crippen LogP contribution < -0.4 is 5.32 Å². The molecule has 19 heavy (non-hydrogen) atoms. The quantitative estimate of drug-likeness (QED) is 0.744. The predicted octanol–water partition coefficient (Wildman–Crippen LogP) is 2.18. The van der Waals surface area contributed by atoms with Crippen LogP contribution >= 0.6 is 0 Å². The Morgan fingerprint density at radius 3 is 2.89 bits per heavy atom. The molecule has 3 unspecified atom stereocenters. The molecule has 0 spiro atoms. The molecule has 3 atom stereocenters. The standard InChI is InChI=1S/C16H33N3/c1-4-8-17-10-14(2)11-19-13-16-7-5-6-9-18(16)12-15(19)3/h14-17H,4-13H2,1-3H3. The van der Waals surface area contributed by atoms with Crippen LogP contribution in [-0.4, -0.2) is 61.2 Å². The first-order chi connectivity index (χ1) is 9.20. The second-order valence-electron chi connectivity index (χ2n) is 6.76. The molecule has 3 heteroatoms. The number of rotatable bonds is 6. The first kappa shape index (κ1) is 15.3. The number of hydrogen-bond donors (Lipinski definition) is 1. The van der Waals surface area contributed by atoms with Gasteiger partial charge in [0, 0.05) is 31.7 Å². The third-order valence-corrected chi connectivity index (χ3v) is 4.78. The molecule has 0 radical (unpaired) electrons. The lowest BCUT2D eigenvalue weighted by molar-refractivity contribution is 0.00893. The summed E-state index contributed by atoms with van der Waals surface area (Å²) < 4.78 is 0. The van der Waals surface area contributed by atoms with Gasteiger partial charge in [-0.25, -0.2) is 0 Å². The van der Waals surface area contributed by atoms with E-state index in [1.807, 2.05) is 0 Å². The lowest BCUT2D eigenvalue weighted by Crippen LogP contribution is -2.59. The smallest absolute Gasteiger partial charge is 0.0223 e. The van der Waals surface area contributed by atoms with Gasteiger partial charge in [-0.2, -0.15) is 0 Å². The Labute approximate surface area is 119 Å². The zero-order valence-corrected chi connectivity index (χ0v) is 13.2. The minimum atomic E-state index is 0.739. The minimum Gasteiger partial charge on any atom is -0.316 e. The van der Waals surface area contributed by atoms with E-state index in [9.17, 15) is 0 Å². The predicted molar refractivity (Wildman–Crippen MR) is 82.6 cm³/mol. The highest BCUT2D eigenvalue weighted by atomic mass is 15.3. The van der Waals surface area contributed by atoms with Gasteiger partial charge in [-0.3, -0.25) is 9.80 Å². The molecule has 2 saturated heterocycles. The van der Waals surface area contributed by atoms with Crippen LogP contribution in [0.15, 0.2) is 0 Å². The van der Waals surface area contributed by atoms with Crippen molar-refractivity contribution in [3.05, 3.63) is 0 Å². The molecule has 2 heterocycles. The Kier molecular flexibility index (Phi) is 6.11. The third kappa shape index (κ3) is 4.44. The second kappa shape index (κ2) is 7.61. The molecule has 0 aromatic rings.